The molecule has 1 rings (SSSR count). The lowest BCUT2D eigenvalue weighted by molar-refractivity contribution is 0.114. The van der Waals surface area contributed by atoms with Gasteiger partial charge >= 0.3 is 0 Å². The summed E-state index contributed by atoms with van der Waals surface area (Å²) in [4.78, 5) is 0. The van der Waals surface area contributed by atoms with E-state index in [0.717, 1.165) is 5.69 Å². The van der Waals surface area contributed by atoms with E-state index in [2.05, 4.69) is 5.10 Å². The molecule has 0 bridgehead atoms. The Morgan fingerprint density at radius 2 is 2.38 bits per heavy atom. The zero-order valence-electron chi connectivity index (χ0n) is 7.64. The van der Waals surface area contributed by atoms with Gasteiger partial charge in [0.15, 0.2) is 0 Å². The van der Waals surface area contributed by atoms with Crippen molar-refractivity contribution in [1.82, 2.24) is 9.78 Å². The average molecular weight is 185 g/mol. The number of nitrogens with zero attached hydrogens (tertiary/aromatic N) is 2. The lowest BCUT2D eigenvalue weighted by Gasteiger charge is -2.09. The normalized spacial score (nSPS) is 13.2. The van der Waals surface area contributed by atoms with Crippen molar-refractivity contribution >= 4 is 5.82 Å². The van der Waals surface area contributed by atoms with E-state index in [0.29, 0.717) is 18.8 Å². The minimum Gasteiger partial charge on any atom is -0.396 e. The molecule has 0 spiro atoms. The summed E-state index contributed by atoms with van der Waals surface area (Å²) in [5.74, 6) is 0.537. The molecule has 0 aliphatic carbocycles. The summed E-state index contributed by atoms with van der Waals surface area (Å²) < 4.78 is 1.54. The number of hydrogen-bond acceptors (Lipinski definition) is 4. The molecule has 5 heteroatoms. The van der Waals surface area contributed by atoms with Crippen LogP contribution < -0.4 is 5.73 Å². The third-order valence-electron chi connectivity index (χ3n) is 1.78. The van der Waals surface area contributed by atoms with Gasteiger partial charge in [0.2, 0.25) is 0 Å². The van der Waals surface area contributed by atoms with Crippen LogP contribution in [0.25, 0.3) is 0 Å². The molecule has 5 nitrogen and oxygen atoms in total. The molecular weight excluding hydrogens is 170 g/mol. The second kappa shape index (κ2) is 4.25. The SMILES string of the molecule is Cc1cc(N)n(CC(O)CCO)n1. The highest BCUT2D eigenvalue weighted by molar-refractivity contribution is 5.30. The lowest BCUT2D eigenvalue weighted by Crippen LogP contribution is -2.19. The van der Waals surface area contributed by atoms with Crippen molar-refractivity contribution in [2.75, 3.05) is 12.3 Å². The van der Waals surface area contributed by atoms with E-state index in [4.69, 9.17) is 10.8 Å². The van der Waals surface area contributed by atoms with Gasteiger partial charge in [-0.15, -0.1) is 0 Å². The van der Waals surface area contributed by atoms with E-state index in [1.807, 2.05) is 6.92 Å². The van der Waals surface area contributed by atoms with E-state index in [9.17, 15) is 5.11 Å². The molecule has 0 amide bonds. The maximum absolute atomic E-state index is 9.36. The van der Waals surface area contributed by atoms with Crippen molar-refractivity contribution in [3.05, 3.63) is 11.8 Å². The van der Waals surface area contributed by atoms with Crippen LogP contribution in [0.3, 0.4) is 0 Å². The molecule has 74 valence electrons. The number of nitrogens with two attached hydrogens (primary N) is 1. The van der Waals surface area contributed by atoms with Crippen LogP contribution in [0, 0.1) is 6.92 Å². The number of anilines is 1. The Hall–Kier alpha value is -1.07. The Labute approximate surface area is 76.8 Å². The van der Waals surface area contributed by atoms with Crippen LogP contribution in [-0.2, 0) is 6.54 Å². The van der Waals surface area contributed by atoms with E-state index in [1.165, 1.54) is 4.68 Å². The molecule has 1 atom stereocenters. The highest BCUT2D eigenvalue weighted by atomic mass is 16.3. The van der Waals surface area contributed by atoms with Crippen LogP contribution in [0.2, 0.25) is 0 Å². The molecule has 0 radical (unpaired) electrons. The van der Waals surface area contributed by atoms with E-state index in [1.54, 1.807) is 6.07 Å². The van der Waals surface area contributed by atoms with Crippen LogP contribution in [0.5, 0.6) is 0 Å². The summed E-state index contributed by atoms with van der Waals surface area (Å²) >= 11 is 0. The molecule has 1 unspecified atom stereocenters. The largest absolute Gasteiger partial charge is 0.396 e. The first-order chi connectivity index (χ1) is 6.13. The van der Waals surface area contributed by atoms with Gasteiger partial charge in [0.05, 0.1) is 18.3 Å². The molecule has 0 aliphatic heterocycles. The number of aryl methyl sites for hydroxylation is 1. The molecule has 1 aromatic heterocycles. The first kappa shape index (κ1) is 10.0. The fourth-order valence-corrected chi connectivity index (χ4v) is 1.15. The molecule has 0 saturated heterocycles. The molecule has 0 aromatic carbocycles. The summed E-state index contributed by atoms with van der Waals surface area (Å²) in [6.45, 7) is 2.15. The standard InChI is InChI=1S/C8H15N3O2/c1-6-4-8(9)11(10-6)5-7(13)2-3-12/h4,7,12-13H,2-3,5,9H2,1H3. The highest BCUT2D eigenvalue weighted by Crippen LogP contribution is 2.06. The van der Waals surface area contributed by atoms with Gasteiger partial charge in [-0.25, -0.2) is 4.68 Å². The number of hydrogen-bond donors (Lipinski definition) is 3. The second-order valence-corrected chi connectivity index (χ2v) is 3.06. The maximum Gasteiger partial charge on any atom is 0.122 e. The van der Waals surface area contributed by atoms with Gasteiger partial charge in [-0.1, -0.05) is 0 Å². The number of nitrogen functional groups attached to an aromatic ring is 1. The van der Waals surface area contributed by atoms with Gasteiger partial charge in [0.25, 0.3) is 0 Å². The molecule has 0 saturated carbocycles. The average Bonchev–Trinajstić information content (AvgIpc) is 2.30. The zero-order valence-corrected chi connectivity index (χ0v) is 7.64. The third kappa shape index (κ3) is 2.71. The Bertz CT molecular complexity index is 272. The summed E-state index contributed by atoms with van der Waals surface area (Å²) in [6, 6.07) is 1.74. The van der Waals surface area contributed by atoms with Crippen LogP contribution >= 0.6 is 0 Å². The first-order valence-electron chi connectivity index (χ1n) is 4.22. The summed E-state index contributed by atoms with van der Waals surface area (Å²) in [5, 5.41) is 22.0. The van der Waals surface area contributed by atoms with Crippen molar-refractivity contribution in [2.45, 2.75) is 26.0 Å². The predicted octanol–water partition coefficient (Wildman–Crippen LogP) is -0.483. The van der Waals surface area contributed by atoms with Crippen molar-refractivity contribution in [3.8, 4) is 0 Å². The fraction of sp³-hybridized carbons (Fsp3) is 0.625. The Balaban J connectivity index is 2.57. The highest BCUT2D eigenvalue weighted by Gasteiger charge is 2.07. The van der Waals surface area contributed by atoms with E-state index >= 15 is 0 Å². The molecule has 0 aliphatic rings. The smallest absolute Gasteiger partial charge is 0.122 e. The second-order valence-electron chi connectivity index (χ2n) is 3.06. The Morgan fingerprint density at radius 3 is 2.85 bits per heavy atom. The zero-order chi connectivity index (χ0) is 9.84. The van der Waals surface area contributed by atoms with Gasteiger partial charge < -0.3 is 15.9 Å². The van der Waals surface area contributed by atoms with E-state index < -0.39 is 6.10 Å². The number of aromatic nitrogens is 2. The summed E-state index contributed by atoms with van der Waals surface area (Å²) in [6.07, 6.45) is -0.246. The number of aliphatic hydroxyl groups excluding tert-OH is 2. The fourth-order valence-electron chi connectivity index (χ4n) is 1.15. The van der Waals surface area contributed by atoms with E-state index in [-0.39, 0.29) is 6.61 Å². The van der Waals surface area contributed by atoms with Gasteiger partial charge in [0, 0.05) is 12.7 Å². The Kier molecular flexibility index (Phi) is 3.27. The predicted molar refractivity (Wildman–Crippen MR) is 49.1 cm³/mol. The van der Waals surface area contributed by atoms with Crippen molar-refractivity contribution in [2.24, 2.45) is 0 Å². The molecule has 1 aromatic rings. The molecular formula is C8H15N3O2. The van der Waals surface area contributed by atoms with Gasteiger partial charge in [-0.05, 0) is 13.3 Å². The van der Waals surface area contributed by atoms with Gasteiger partial charge in [-0.2, -0.15) is 5.10 Å². The minimum absolute atomic E-state index is 0.0265. The van der Waals surface area contributed by atoms with Crippen molar-refractivity contribution in [1.29, 1.82) is 0 Å². The van der Waals surface area contributed by atoms with Gasteiger partial charge in [-0.3, -0.25) is 0 Å². The first-order valence-corrected chi connectivity index (χ1v) is 4.22. The molecule has 13 heavy (non-hydrogen) atoms. The van der Waals surface area contributed by atoms with Crippen LogP contribution in [0.15, 0.2) is 6.07 Å². The third-order valence-corrected chi connectivity index (χ3v) is 1.78. The number of aliphatic hydroxyl groups is 2. The lowest BCUT2D eigenvalue weighted by atomic mass is 10.3. The molecule has 4 N–H and O–H groups in total. The number of rotatable bonds is 4. The van der Waals surface area contributed by atoms with Crippen LogP contribution in [0.1, 0.15) is 12.1 Å². The maximum atomic E-state index is 9.36. The quantitative estimate of drug-likeness (QED) is 0.591. The minimum atomic E-state index is -0.591. The van der Waals surface area contributed by atoms with Crippen LogP contribution in [-0.4, -0.2) is 32.7 Å². The van der Waals surface area contributed by atoms with Crippen molar-refractivity contribution in [3.63, 3.8) is 0 Å². The van der Waals surface area contributed by atoms with Gasteiger partial charge in [0.1, 0.15) is 5.82 Å². The molecule has 0 fully saturated rings. The summed E-state index contributed by atoms with van der Waals surface area (Å²) in [7, 11) is 0. The van der Waals surface area contributed by atoms with Crippen LogP contribution in [0.4, 0.5) is 5.82 Å². The monoisotopic (exact) mass is 185 g/mol. The topological polar surface area (TPSA) is 84.3 Å². The summed E-state index contributed by atoms with van der Waals surface area (Å²) in [5.41, 5.74) is 6.44. The molecule has 1 heterocycles. The van der Waals surface area contributed by atoms with Crippen molar-refractivity contribution < 1.29 is 10.2 Å². The Morgan fingerprint density at radius 1 is 1.69 bits per heavy atom.